The zero-order valence-electron chi connectivity index (χ0n) is 12.8. The van der Waals surface area contributed by atoms with E-state index < -0.39 is 0 Å². The van der Waals surface area contributed by atoms with Crippen LogP contribution in [0.2, 0.25) is 0 Å². The van der Waals surface area contributed by atoms with Crippen molar-refractivity contribution in [3.05, 3.63) is 53.2 Å². The van der Waals surface area contributed by atoms with Gasteiger partial charge in [-0.05, 0) is 29.6 Å². The van der Waals surface area contributed by atoms with Crippen LogP contribution in [0.1, 0.15) is 16.2 Å². The van der Waals surface area contributed by atoms with Gasteiger partial charge in [0.2, 0.25) is 11.7 Å². The van der Waals surface area contributed by atoms with Gasteiger partial charge in [0.05, 0.1) is 11.4 Å². The number of amides is 1. The largest absolute Gasteiger partial charge is 0.376 e. The van der Waals surface area contributed by atoms with Crippen LogP contribution in [0.4, 0.5) is 5.69 Å². The first kappa shape index (κ1) is 15.2. The molecule has 3 aromatic rings. The molecule has 1 aromatic carbocycles. The van der Waals surface area contributed by atoms with Crippen LogP contribution in [-0.2, 0) is 6.54 Å². The topological polar surface area (TPSA) is 71.3 Å². The van der Waals surface area contributed by atoms with Crippen LogP contribution in [0.3, 0.4) is 0 Å². The third-order valence-corrected chi connectivity index (χ3v) is 4.03. The van der Waals surface area contributed by atoms with Crippen LogP contribution in [0, 0.1) is 0 Å². The molecule has 0 radical (unpaired) electrons. The van der Waals surface area contributed by atoms with Crippen molar-refractivity contribution in [3.8, 4) is 10.7 Å². The van der Waals surface area contributed by atoms with E-state index in [-0.39, 0.29) is 5.91 Å². The number of thiophene rings is 1. The third kappa shape index (κ3) is 3.57. The zero-order chi connectivity index (χ0) is 16.2. The van der Waals surface area contributed by atoms with E-state index in [4.69, 9.17) is 4.52 Å². The normalized spacial score (nSPS) is 10.5. The molecule has 0 atom stereocenters. The van der Waals surface area contributed by atoms with Crippen LogP contribution in [0.25, 0.3) is 10.7 Å². The number of rotatable bonds is 5. The smallest absolute Gasteiger partial charge is 0.253 e. The van der Waals surface area contributed by atoms with Gasteiger partial charge in [-0.25, -0.2) is 0 Å². The summed E-state index contributed by atoms with van der Waals surface area (Å²) in [5.74, 6) is 1.05. The Balaban J connectivity index is 1.67. The molecule has 2 aromatic heterocycles. The molecule has 0 aliphatic rings. The summed E-state index contributed by atoms with van der Waals surface area (Å²) in [4.78, 5) is 18.8. The Kier molecular flexibility index (Phi) is 4.38. The van der Waals surface area contributed by atoms with Gasteiger partial charge in [0.1, 0.15) is 0 Å². The van der Waals surface area contributed by atoms with E-state index in [1.807, 2.05) is 29.6 Å². The van der Waals surface area contributed by atoms with Crippen molar-refractivity contribution in [2.24, 2.45) is 0 Å². The number of aromatic nitrogens is 2. The number of carbonyl (C=O) groups is 1. The fourth-order valence-corrected chi connectivity index (χ4v) is 2.68. The summed E-state index contributed by atoms with van der Waals surface area (Å²) in [6, 6.07) is 11.2. The molecule has 0 unspecified atom stereocenters. The SMILES string of the molecule is CN(C)C(=O)c1cccc(NCc2nc(-c3cccs3)no2)c1. The third-order valence-electron chi connectivity index (χ3n) is 3.17. The highest BCUT2D eigenvalue weighted by Crippen LogP contribution is 2.21. The molecular formula is C16H16N4O2S. The number of nitrogens with zero attached hydrogens (tertiary/aromatic N) is 3. The number of benzene rings is 1. The molecule has 6 nitrogen and oxygen atoms in total. The molecule has 3 rings (SSSR count). The minimum atomic E-state index is -0.0357. The molecule has 0 saturated carbocycles. The first-order valence-electron chi connectivity index (χ1n) is 7.05. The number of hydrogen-bond donors (Lipinski definition) is 1. The Morgan fingerprint density at radius 1 is 1.30 bits per heavy atom. The minimum Gasteiger partial charge on any atom is -0.376 e. The van der Waals surface area contributed by atoms with Crippen LogP contribution >= 0.6 is 11.3 Å². The molecule has 0 spiro atoms. The van der Waals surface area contributed by atoms with Crippen molar-refractivity contribution >= 4 is 22.9 Å². The Hall–Kier alpha value is -2.67. The first-order chi connectivity index (χ1) is 11.1. The van der Waals surface area contributed by atoms with Crippen LogP contribution in [-0.4, -0.2) is 35.0 Å². The van der Waals surface area contributed by atoms with E-state index in [1.54, 1.807) is 42.5 Å². The second-order valence-corrected chi connectivity index (χ2v) is 6.07. The molecule has 7 heteroatoms. The van der Waals surface area contributed by atoms with Gasteiger partial charge in [0.15, 0.2) is 0 Å². The summed E-state index contributed by atoms with van der Waals surface area (Å²) in [7, 11) is 3.46. The summed E-state index contributed by atoms with van der Waals surface area (Å²) in [6.07, 6.45) is 0. The molecule has 0 fully saturated rings. The van der Waals surface area contributed by atoms with E-state index in [2.05, 4.69) is 15.5 Å². The highest BCUT2D eigenvalue weighted by atomic mass is 32.1. The van der Waals surface area contributed by atoms with Gasteiger partial charge in [-0.1, -0.05) is 17.3 Å². The predicted molar refractivity (Wildman–Crippen MR) is 89.4 cm³/mol. The van der Waals surface area contributed by atoms with Crippen molar-refractivity contribution in [2.75, 3.05) is 19.4 Å². The summed E-state index contributed by atoms with van der Waals surface area (Å²) in [5.41, 5.74) is 1.46. The lowest BCUT2D eigenvalue weighted by molar-refractivity contribution is 0.0827. The van der Waals surface area contributed by atoms with E-state index in [0.29, 0.717) is 23.8 Å². The average Bonchev–Trinajstić information content (AvgIpc) is 3.23. The highest BCUT2D eigenvalue weighted by molar-refractivity contribution is 7.13. The van der Waals surface area contributed by atoms with E-state index in [1.165, 1.54) is 0 Å². The van der Waals surface area contributed by atoms with Crippen LogP contribution < -0.4 is 5.32 Å². The summed E-state index contributed by atoms with van der Waals surface area (Å²) < 4.78 is 5.23. The van der Waals surface area contributed by atoms with Gasteiger partial charge in [-0.15, -0.1) is 11.3 Å². The molecule has 0 aliphatic heterocycles. The Labute approximate surface area is 137 Å². The predicted octanol–water partition coefficient (Wildman–Crippen LogP) is 3.11. The molecule has 1 amide bonds. The quantitative estimate of drug-likeness (QED) is 0.779. The first-order valence-corrected chi connectivity index (χ1v) is 7.93. The van der Waals surface area contributed by atoms with Crippen molar-refractivity contribution in [3.63, 3.8) is 0 Å². The van der Waals surface area contributed by atoms with Crippen LogP contribution in [0.15, 0.2) is 46.3 Å². The van der Waals surface area contributed by atoms with Crippen molar-refractivity contribution in [2.45, 2.75) is 6.54 Å². The standard InChI is InChI=1S/C16H16N4O2S/c1-20(2)16(21)11-5-3-6-12(9-11)17-10-14-18-15(19-22-14)13-7-4-8-23-13/h3-9,17H,10H2,1-2H3. The lowest BCUT2D eigenvalue weighted by Gasteiger charge is -2.11. The van der Waals surface area contributed by atoms with Crippen molar-refractivity contribution < 1.29 is 9.32 Å². The van der Waals surface area contributed by atoms with Crippen molar-refractivity contribution in [1.29, 1.82) is 0 Å². The lowest BCUT2D eigenvalue weighted by atomic mass is 10.2. The fourth-order valence-electron chi connectivity index (χ4n) is 2.03. The number of hydrogen-bond acceptors (Lipinski definition) is 6. The van der Waals surface area contributed by atoms with Crippen molar-refractivity contribution in [1.82, 2.24) is 15.0 Å². The monoisotopic (exact) mass is 328 g/mol. The second-order valence-electron chi connectivity index (χ2n) is 5.12. The van der Waals surface area contributed by atoms with E-state index >= 15 is 0 Å². The molecule has 2 heterocycles. The number of anilines is 1. The summed E-state index contributed by atoms with van der Waals surface area (Å²) >= 11 is 1.56. The van der Waals surface area contributed by atoms with E-state index in [9.17, 15) is 4.79 Å². The highest BCUT2D eigenvalue weighted by Gasteiger charge is 2.10. The van der Waals surface area contributed by atoms with Crippen LogP contribution in [0.5, 0.6) is 0 Å². The zero-order valence-corrected chi connectivity index (χ0v) is 13.6. The molecule has 1 N–H and O–H groups in total. The molecule has 0 aliphatic carbocycles. The van der Waals surface area contributed by atoms with Gasteiger partial charge in [0, 0.05) is 25.3 Å². The molecule has 118 valence electrons. The molecule has 0 saturated heterocycles. The van der Waals surface area contributed by atoms with Gasteiger partial charge in [-0.2, -0.15) is 4.98 Å². The van der Waals surface area contributed by atoms with Gasteiger partial charge in [-0.3, -0.25) is 4.79 Å². The van der Waals surface area contributed by atoms with Gasteiger partial charge < -0.3 is 14.7 Å². The lowest BCUT2D eigenvalue weighted by Crippen LogP contribution is -2.21. The number of carbonyl (C=O) groups excluding carboxylic acids is 1. The number of nitrogens with one attached hydrogen (secondary N) is 1. The van der Waals surface area contributed by atoms with Gasteiger partial charge in [0.25, 0.3) is 5.91 Å². The maximum atomic E-state index is 12.0. The Morgan fingerprint density at radius 3 is 2.91 bits per heavy atom. The maximum Gasteiger partial charge on any atom is 0.253 e. The maximum absolute atomic E-state index is 12.0. The van der Waals surface area contributed by atoms with Gasteiger partial charge >= 0.3 is 0 Å². The van der Waals surface area contributed by atoms with E-state index in [0.717, 1.165) is 10.6 Å². The summed E-state index contributed by atoms with van der Waals surface area (Å²) in [6.45, 7) is 0.401. The molecular weight excluding hydrogens is 312 g/mol. The second kappa shape index (κ2) is 6.62. The Bertz CT molecular complexity index is 796. The molecule has 0 bridgehead atoms. The average molecular weight is 328 g/mol. The summed E-state index contributed by atoms with van der Waals surface area (Å²) in [5, 5.41) is 9.12. The minimum absolute atomic E-state index is 0.0357. The Morgan fingerprint density at radius 2 is 2.17 bits per heavy atom. The molecule has 23 heavy (non-hydrogen) atoms. The fraction of sp³-hybridized carbons (Fsp3) is 0.188.